The standard InChI is InChI=1S/C14H22BF2NO2/c15-14(19,13(16,17)12-4-6-20-7-5-12)18-8-10-2-1-3-11(10)9-18/h10-12,19H,1-9H2. The van der Waals surface area contributed by atoms with Crippen LogP contribution in [0, 0.1) is 17.8 Å². The molecule has 3 atom stereocenters. The van der Waals surface area contributed by atoms with E-state index in [-0.39, 0.29) is 12.8 Å². The van der Waals surface area contributed by atoms with Crippen LogP contribution >= 0.6 is 0 Å². The number of aliphatic hydroxyl groups is 1. The molecule has 0 amide bonds. The summed E-state index contributed by atoms with van der Waals surface area (Å²) in [4.78, 5) is 1.41. The van der Waals surface area contributed by atoms with Gasteiger partial charge in [-0.3, -0.25) is 4.90 Å². The highest BCUT2D eigenvalue weighted by molar-refractivity contribution is 6.14. The van der Waals surface area contributed by atoms with E-state index in [1.807, 2.05) is 0 Å². The fraction of sp³-hybridized carbons (Fsp3) is 1.00. The molecule has 0 spiro atoms. The lowest BCUT2D eigenvalue weighted by Crippen LogP contribution is -2.64. The molecule has 0 aromatic heterocycles. The van der Waals surface area contributed by atoms with Gasteiger partial charge in [0.05, 0.1) is 0 Å². The fourth-order valence-electron chi connectivity index (χ4n) is 4.08. The summed E-state index contributed by atoms with van der Waals surface area (Å²) in [5.74, 6) is -3.34. The summed E-state index contributed by atoms with van der Waals surface area (Å²) in [7, 11) is 5.72. The normalized spacial score (nSPS) is 36.0. The molecular weight excluding hydrogens is 263 g/mol. The highest BCUT2D eigenvalue weighted by Gasteiger charge is 2.58. The molecule has 0 bridgehead atoms. The first-order valence-corrected chi connectivity index (χ1v) is 7.65. The summed E-state index contributed by atoms with van der Waals surface area (Å²) >= 11 is 0. The molecule has 2 aliphatic heterocycles. The summed E-state index contributed by atoms with van der Waals surface area (Å²) < 4.78 is 34.4. The first-order valence-electron chi connectivity index (χ1n) is 7.65. The van der Waals surface area contributed by atoms with E-state index in [1.165, 1.54) is 11.3 Å². The first kappa shape index (κ1) is 14.7. The first-order chi connectivity index (χ1) is 9.43. The van der Waals surface area contributed by atoms with E-state index in [1.54, 1.807) is 0 Å². The smallest absolute Gasteiger partial charge is 0.283 e. The molecule has 2 radical (unpaired) electrons. The largest absolute Gasteiger partial charge is 0.381 e. The summed E-state index contributed by atoms with van der Waals surface area (Å²) in [5, 5.41) is 10.4. The molecule has 2 heterocycles. The highest BCUT2D eigenvalue weighted by Crippen LogP contribution is 2.46. The number of hydrogen-bond donors (Lipinski definition) is 1. The van der Waals surface area contributed by atoms with Crippen molar-refractivity contribution in [3.8, 4) is 0 Å². The van der Waals surface area contributed by atoms with Crippen LogP contribution in [0.4, 0.5) is 8.78 Å². The van der Waals surface area contributed by atoms with E-state index in [0.29, 0.717) is 38.1 Å². The third kappa shape index (κ3) is 2.30. The Morgan fingerprint density at radius 2 is 1.60 bits per heavy atom. The Labute approximate surface area is 120 Å². The van der Waals surface area contributed by atoms with Crippen molar-refractivity contribution in [3.63, 3.8) is 0 Å². The van der Waals surface area contributed by atoms with E-state index in [0.717, 1.165) is 12.8 Å². The molecule has 6 heteroatoms. The summed E-state index contributed by atoms with van der Waals surface area (Å²) in [6.07, 6.45) is 3.82. The molecule has 3 aliphatic rings. The van der Waals surface area contributed by atoms with Gasteiger partial charge in [0.25, 0.3) is 5.92 Å². The zero-order valence-electron chi connectivity index (χ0n) is 11.7. The zero-order valence-corrected chi connectivity index (χ0v) is 11.7. The van der Waals surface area contributed by atoms with Crippen LogP contribution in [0.1, 0.15) is 32.1 Å². The number of ether oxygens (including phenoxy) is 1. The molecule has 3 unspecified atom stereocenters. The van der Waals surface area contributed by atoms with Crippen LogP contribution in [0.5, 0.6) is 0 Å². The van der Waals surface area contributed by atoms with Crippen LogP contribution in [0.3, 0.4) is 0 Å². The minimum Gasteiger partial charge on any atom is -0.381 e. The number of hydrogen-bond acceptors (Lipinski definition) is 3. The van der Waals surface area contributed by atoms with Crippen molar-refractivity contribution in [2.45, 2.75) is 43.7 Å². The van der Waals surface area contributed by atoms with E-state index < -0.39 is 17.5 Å². The van der Waals surface area contributed by atoms with Crippen LogP contribution < -0.4 is 0 Å². The Kier molecular flexibility index (Phi) is 3.84. The molecule has 3 nitrogen and oxygen atoms in total. The van der Waals surface area contributed by atoms with E-state index >= 15 is 0 Å². The Morgan fingerprint density at radius 3 is 2.15 bits per heavy atom. The van der Waals surface area contributed by atoms with E-state index in [4.69, 9.17) is 12.6 Å². The Hall–Kier alpha value is -0.195. The van der Waals surface area contributed by atoms with E-state index in [9.17, 15) is 13.9 Å². The van der Waals surface area contributed by atoms with Crippen molar-refractivity contribution in [2.24, 2.45) is 17.8 Å². The molecule has 1 saturated carbocycles. The lowest BCUT2D eigenvalue weighted by Gasteiger charge is -2.45. The van der Waals surface area contributed by atoms with Gasteiger partial charge in [0, 0.05) is 32.2 Å². The Morgan fingerprint density at radius 1 is 1.05 bits per heavy atom. The van der Waals surface area contributed by atoms with Gasteiger partial charge in [0.1, 0.15) is 13.5 Å². The number of halogens is 2. The third-order valence-electron chi connectivity index (χ3n) is 5.43. The monoisotopic (exact) mass is 285 g/mol. The van der Waals surface area contributed by atoms with Crippen LogP contribution in [0.2, 0.25) is 0 Å². The van der Waals surface area contributed by atoms with Gasteiger partial charge in [-0.2, -0.15) is 0 Å². The third-order valence-corrected chi connectivity index (χ3v) is 5.43. The molecule has 3 fully saturated rings. The molecule has 1 aliphatic carbocycles. The summed E-state index contributed by atoms with van der Waals surface area (Å²) in [5.41, 5.74) is -2.53. The second-order valence-corrected chi connectivity index (χ2v) is 6.59. The molecule has 3 rings (SSSR count). The Balaban J connectivity index is 1.72. The average molecular weight is 285 g/mol. The van der Waals surface area contributed by atoms with Gasteiger partial charge < -0.3 is 9.84 Å². The number of rotatable bonds is 3. The van der Waals surface area contributed by atoms with Gasteiger partial charge in [-0.15, -0.1) is 0 Å². The Bertz CT molecular complexity index is 349. The van der Waals surface area contributed by atoms with Crippen molar-refractivity contribution in [2.75, 3.05) is 26.3 Å². The minimum absolute atomic E-state index is 0.257. The van der Waals surface area contributed by atoms with Gasteiger partial charge in [0.2, 0.25) is 0 Å². The molecule has 112 valence electrons. The van der Waals surface area contributed by atoms with Gasteiger partial charge in [-0.05, 0) is 37.5 Å². The zero-order chi connectivity index (χ0) is 14.4. The van der Waals surface area contributed by atoms with Gasteiger partial charge in [0.15, 0.2) is 0 Å². The van der Waals surface area contributed by atoms with Gasteiger partial charge >= 0.3 is 0 Å². The van der Waals surface area contributed by atoms with Crippen LogP contribution in [-0.4, -0.2) is 55.7 Å². The van der Waals surface area contributed by atoms with Crippen LogP contribution in [0.15, 0.2) is 0 Å². The maximum absolute atomic E-state index is 14.6. The van der Waals surface area contributed by atoms with Crippen molar-refractivity contribution in [1.29, 1.82) is 0 Å². The average Bonchev–Trinajstić information content (AvgIpc) is 3.00. The second kappa shape index (κ2) is 5.22. The fourth-order valence-corrected chi connectivity index (χ4v) is 4.08. The molecule has 0 aromatic carbocycles. The van der Waals surface area contributed by atoms with Crippen molar-refractivity contribution < 1.29 is 18.6 Å². The maximum Gasteiger partial charge on any atom is 0.283 e. The summed E-state index contributed by atoms with van der Waals surface area (Å²) in [6, 6.07) is 0. The molecule has 0 aromatic rings. The molecule has 2 saturated heterocycles. The highest BCUT2D eigenvalue weighted by atomic mass is 19.3. The predicted molar refractivity (Wildman–Crippen MR) is 71.6 cm³/mol. The molecular formula is C14H22BF2NO2. The molecule has 20 heavy (non-hydrogen) atoms. The SMILES string of the molecule is [B]C(O)(N1CC2CCCC2C1)C(F)(F)C1CCOCC1. The minimum atomic E-state index is -3.30. The number of fused-ring (bicyclic) bond motifs is 1. The number of nitrogens with zero attached hydrogens (tertiary/aromatic N) is 1. The lowest BCUT2D eigenvalue weighted by atomic mass is 9.74. The number of likely N-dealkylation sites (tertiary alicyclic amines) is 1. The van der Waals surface area contributed by atoms with E-state index in [2.05, 4.69) is 0 Å². The van der Waals surface area contributed by atoms with Crippen molar-refractivity contribution >= 4 is 7.85 Å². The topological polar surface area (TPSA) is 32.7 Å². The van der Waals surface area contributed by atoms with Crippen LogP contribution in [-0.2, 0) is 4.74 Å². The van der Waals surface area contributed by atoms with Gasteiger partial charge in [-0.25, -0.2) is 8.78 Å². The van der Waals surface area contributed by atoms with Crippen molar-refractivity contribution in [3.05, 3.63) is 0 Å². The quantitative estimate of drug-likeness (QED) is 0.799. The number of alkyl halides is 2. The summed E-state index contributed by atoms with van der Waals surface area (Å²) in [6.45, 7) is 1.64. The van der Waals surface area contributed by atoms with Gasteiger partial charge in [-0.1, -0.05) is 6.42 Å². The second-order valence-electron chi connectivity index (χ2n) is 6.59. The molecule has 1 N–H and O–H groups in total. The van der Waals surface area contributed by atoms with Crippen LogP contribution in [0.25, 0.3) is 0 Å². The lowest BCUT2D eigenvalue weighted by molar-refractivity contribution is -0.238. The van der Waals surface area contributed by atoms with Crippen molar-refractivity contribution in [1.82, 2.24) is 4.90 Å². The maximum atomic E-state index is 14.6. The predicted octanol–water partition coefficient (Wildman–Crippen LogP) is 1.59.